The number of rotatable bonds is 3. The van der Waals surface area contributed by atoms with Gasteiger partial charge >= 0.3 is 0 Å². The molecule has 1 aromatic carbocycles. The molecule has 1 unspecified atom stereocenters. The lowest BCUT2D eigenvalue weighted by molar-refractivity contribution is 0.408. The van der Waals surface area contributed by atoms with Crippen LogP contribution in [0.4, 0.5) is 0 Å². The van der Waals surface area contributed by atoms with Crippen molar-refractivity contribution < 1.29 is 4.74 Å². The molecule has 0 bridgehead atoms. The molecule has 2 nitrogen and oxygen atoms in total. The maximum absolute atomic E-state index is 5.60. The number of aryl methyl sites for hydroxylation is 1. The molecule has 2 heteroatoms. The van der Waals surface area contributed by atoms with Gasteiger partial charge in [-0.2, -0.15) is 0 Å². The number of ether oxygens (including phenoxy) is 1. The van der Waals surface area contributed by atoms with E-state index in [1.165, 1.54) is 30.4 Å². The molecule has 0 aromatic heterocycles. The Kier molecular flexibility index (Phi) is 3.27. The lowest BCUT2D eigenvalue weighted by Gasteiger charge is -2.24. The molecule has 0 fully saturated rings. The Morgan fingerprint density at radius 3 is 3.00 bits per heavy atom. The molecule has 0 saturated carbocycles. The van der Waals surface area contributed by atoms with Crippen molar-refractivity contribution in [1.82, 2.24) is 0 Å². The highest BCUT2D eigenvalue weighted by Crippen LogP contribution is 2.29. The fraction of sp³-hybridized carbons (Fsp3) is 0.538. The summed E-state index contributed by atoms with van der Waals surface area (Å²) in [6.07, 6.45) is 4.80. The zero-order valence-electron chi connectivity index (χ0n) is 9.33. The van der Waals surface area contributed by atoms with Gasteiger partial charge in [0.05, 0.1) is 7.11 Å². The van der Waals surface area contributed by atoms with Gasteiger partial charge in [-0.25, -0.2) is 0 Å². The third-order valence-corrected chi connectivity index (χ3v) is 3.32. The topological polar surface area (TPSA) is 35.2 Å². The van der Waals surface area contributed by atoms with E-state index < -0.39 is 0 Å². The van der Waals surface area contributed by atoms with Crippen LogP contribution in [0.1, 0.15) is 24.0 Å². The monoisotopic (exact) mass is 205 g/mol. The predicted octanol–water partition coefficient (Wildman–Crippen LogP) is 2.15. The molecule has 0 radical (unpaired) electrons. The van der Waals surface area contributed by atoms with E-state index in [0.717, 1.165) is 24.6 Å². The van der Waals surface area contributed by atoms with Gasteiger partial charge in [0.25, 0.3) is 0 Å². The number of benzene rings is 1. The number of methoxy groups -OCH3 is 1. The van der Waals surface area contributed by atoms with Crippen molar-refractivity contribution in [2.45, 2.75) is 25.7 Å². The van der Waals surface area contributed by atoms with E-state index in [2.05, 4.69) is 18.2 Å². The van der Waals surface area contributed by atoms with E-state index in [4.69, 9.17) is 10.5 Å². The molecular formula is C13H19NO. The standard InChI is InChI=1S/C13H19NO/c1-15-13-5-4-11-8-10(6-7-14)2-3-12(11)9-13/h4-5,9-10H,2-3,6-8,14H2,1H3. The van der Waals surface area contributed by atoms with Crippen LogP contribution in [0.25, 0.3) is 0 Å². The summed E-state index contributed by atoms with van der Waals surface area (Å²) in [5.41, 5.74) is 8.55. The minimum absolute atomic E-state index is 0.788. The molecule has 2 N–H and O–H groups in total. The summed E-state index contributed by atoms with van der Waals surface area (Å²) < 4.78 is 5.23. The van der Waals surface area contributed by atoms with Gasteiger partial charge < -0.3 is 10.5 Å². The van der Waals surface area contributed by atoms with Crippen molar-refractivity contribution in [3.8, 4) is 5.75 Å². The van der Waals surface area contributed by atoms with Crippen LogP contribution in [-0.4, -0.2) is 13.7 Å². The molecule has 1 aliphatic carbocycles. The molecule has 0 saturated heterocycles. The summed E-state index contributed by atoms with van der Waals surface area (Å²) in [7, 11) is 1.72. The van der Waals surface area contributed by atoms with Crippen molar-refractivity contribution in [2.24, 2.45) is 11.7 Å². The van der Waals surface area contributed by atoms with Gasteiger partial charge in [-0.3, -0.25) is 0 Å². The van der Waals surface area contributed by atoms with Gasteiger partial charge in [-0.15, -0.1) is 0 Å². The lowest BCUT2D eigenvalue weighted by Crippen LogP contribution is -2.17. The zero-order chi connectivity index (χ0) is 10.7. The summed E-state index contributed by atoms with van der Waals surface area (Å²) in [5.74, 6) is 1.77. The number of hydrogen-bond acceptors (Lipinski definition) is 2. The van der Waals surface area contributed by atoms with Crippen LogP contribution in [0, 0.1) is 5.92 Å². The molecular weight excluding hydrogens is 186 g/mol. The van der Waals surface area contributed by atoms with E-state index >= 15 is 0 Å². The third-order valence-electron chi connectivity index (χ3n) is 3.32. The van der Waals surface area contributed by atoms with Gasteiger partial charge in [0, 0.05) is 0 Å². The minimum Gasteiger partial charge on any atom is -0.497 e. The van der Waals surface area contributed by atoms with Gasteiger partial charge in [0.15, 0.2) is 0 Å². The Balaban J connectivity index is 2.13. The van der Waals surface area contributed by atoms with E-state index in [1.54, 1.807) is 7.11 Å². The van der Waals surface area contributed by atoms with Crippen molar-refractivity contribution in [1.29, 1.82) is 0 Å². The first kappa shape index (κ1) is 10.5. The highest BCUT2D eigenvalue weighted by atomic mass is 16.5. The molecule has 1 aromatic rings. The average molecular weight is 205 g/mol. The largest absolute Gasteiger partial charge is 0.497 e. The van der Waals surface area contributed by atoms with Crippen LogP contribution in [0.2, 0.25) is 0 Å². The first-order chi connectivity index (χ1) is 7.33. The first-order valence-corrected chi connectivity index (χ1v) is 5.69. The SMILES string of the molecule is COc1ccc2c(c1)CCC(CCN)C2. The molecule has 1 atom stereocenters. The minimum atomic E-state index is 0.788. The summed E-state index contributed by atoms with van der Waals surface area (Å²) in [4.78, 5) is 0. The summed E-state index contributed by atoms with van der Waals surface area (Å²) in [5, 5.41) is 0. The van der Waals surface area contributed by atoms with E-state index in [9.17, 15) is 0 Å². The fourth-order valence-electron chi connectivity index (χ4n) is 2.42. The molecule has 0 spiro atoms. The third kappa shape index (κ3) is 2.32. The Hall–Kier alpha value is -1.02. The van der Waals surface area contributed by atoms with Crippen LogP contribution in [0.5, 0.6) is 5.75 Å². The zero-order valence-corrected chi connectivity index (χ0v) is 9.33. The van der Waals surface area contributed by atoms with Crippen LogP contribution in [0.15, 0.2) is 18.2 Å². The average Bonchev–Trinajstić information content (AvgIpc) is 2.29. The van der Waals surface area contributed by atoms with Gasteiger partial charge in [0.2, 0.25) is 0 Å². The van der Waals surface area contributed by atoms with Crippen LogP contribution >= 0.6 is 0 Å². The molecule has 82 valence electrons. The van der Waals surface area contributed by atoms with E-state index in [-0.39, 0.29) is 0 Å². The van der Waals surface area contributed by atoms with Gasteiger partial charge in [-0.1, -0.05) is 6.07 Å². The second kappa shape index (κ2) is 4.67. The molecule has 0 aliphatic heterocycles. The number of nitrogens with two attached hydrogens (primary N) is 1. The second-order valence-corrected chi connectivity index (χ2v) is 4.32. The van der Waals surface area contributed by atoms with Crippen molar-refractivity contribution >= 4 is 0 Å². The lowest BCUT2D eigenvalue weighted by atomic mass is 9.82. The van der Waals surface area contributed by atoms with Gasteiger partial charge in [0.1, 0.15) is 5.75 Å². The molecule has 0 amide bonds. The summed E-state index contributed by atoms with van der Waals surface area (Å²) in [6, 6.07) is 6.44. The number of fused-ring (bicyclic) bond motifs is 1. The Labute approximate surface area is 91.4 Å². The van der Waals surface area contributed by atoms with Crippen LogP contribution in [-0.2, 0) is 12.8 Å². The maximum atomic E-state index is 5.60. The second-order valence-electron chi connectivity index (χ2n) is 4.32. The first-order valence-electron chi connectivity index (χ1n) is 5.69. The van der Waals surface area contributed by atoms with Crippen molar-refractivity contribution in [3.63, 3.8) is 0 Å². The Morgan fingerprint density at radius 1 is 1.40 bits per heavy atom. The smallest absolute Gasteiger partial charge is 0.119 e. The molecule has 1 aliphatic rings. The molecule has 15 heavy (non-hydrogen) atoms. The maximum Gasteiger partial charge on any atom is 0.119 e. The van der Waals surface area contributed by atoms with Crippen LogP contribution < -0.4 is 10.5 Å². The molecule has 2 rings (SSSR count). The number of hydrogen-bond donors (Lipinski definition) is 1. The van der Waals surface area contributed by atoms with E-state index in [1.807, 2.05) is 0 Å². The highest BCUT2D eigenvalue weighted by Gasteiger charge is 2.18. The normalized spacial score (nSPS) is 19.7. The quantitative estimate of drug-likeness (QED) is 0.820. The molecule has 0 heterocycles. The van der Waals surface area contributed by atoms with Crippen molar-refractivity contribution in [3.05, 3.63) is 29.3 Å². The Morgan fingerprint density at radius 2 is 2.27 bits per heavy atom. The Bertz CT molecular complexity index is 335. The van der Waals surface area contributed by atoms with E-state index in [0.29, 0.717) is 0 Å². The van der Waals surface area contributed by atoms with Crippen LogP contribution in [0.3, 0.4) is 0 Å². The van der Waals surface area contributed by atoms with Gasteiger partial charge in [-0.05, 0) is 61.4 Å². The summed E-state index contributed by atoms with van der Waals surface area (Å²) in [6.45, 7) is 0.816. The highest BCUT2D eigenvalue weighted by molar-refractivity contribution is 5.37. The predicted molar refractivity (Wildman–Crippen MR) is 62.2 cm³/mol. The summed E-state index contributed by atoms with van der Waals surface area (Å²) >= 11 is 0. The fourth-order valence-corrected chi connectivity index (χ4v) is 2.42. The van der Waals surface area contributed by atoms with Crippen molar-refractivity contribution in [2.75, 3.05) is 13.7 Å².